The number of benzene rings is 3. The number of amides is 2. The lowest BCUT2D eigenvalue weighted by molar-refractivity contribution is 0.0993. The smallest absolute Gasteiger partial charge is 0.291 e. The highest BCUT2D eigenvalue weighted by molar-refractivity contribution is 6.07. The molecule has 0 aliphatic heterocycles. The predicted molar refractivity (Wildman–Crippen MR) is 123 cm³/mol. The Bertz CT molecular complexity index is 1290. The van der Waals surface area contributed by atoms with Gasteiger partial charge < -0.3 is 19.8 Å². The van der Waals surface area contributed by atoms with Crippen molar-refractivity contribution in [2.45, 2.75) is 13.5 Å². The lowest BCUT2D eigenvalue weighted by atomic mass is 10.1. The largest absolute Gasteiger partial charge is 0.489 e. The van der Waals surface area contributed by atoms with Gasteiger partial charge in [0, 0.05) is 23.0 Å². The van der Waals surface area contributed by atoms with Crippen molar-refractivity contribution >= 4 is 23.2 Å². The highest BCUT2D eigenvalue weighted by Gasteiger charge is 2.13. The number of aryl methyl sites for hydroxylation is 1. The lowest BCUT2D eigenvalue weighted by Crippen LogP contribution is -2.15. The summed E-state index contributed by atoms with van der Waals surface area (Å²) >= 11 is 0. The summed E-state index contributed by atoms with van der Waals surface area (Å²) in [5.41, 5.74) is 2.93. The highest BCUT2D eigenvalue weighted by atomic mass is 19.1. The van der Waals surface area contributed by atoms with Crippen LogP contribution in [0.25, 0.3) is 0 Å². The molecule has 1 heterocycles. The van der Waals surface area contributed by atoms with E-state index < -0.39 is 5.91 Å². The number of hydrogen-bond donors (Lipinski definition) is 2. The van der Waals surface area contributed by atoms with Crippen LogP contribution in [-0.2, 0) is 6.61 Å². The van der Waals surface area contributed by atoms with Crippen LogP contribution in [0.2, 0.25) is 0 Å². The van der Waals surface area contributed by atoms with E-state index in [9.17, 15) is 14.0 Å². The number of furan rings is 1. The monoisotopic (exact) mass is 444 g/mol. The number of carbonyl (C=O) groups is 2. The second-order valence-electron chi connectivity index (χ2n) is 7.36. The number of hydrogen-bond acceptors (Lipinski definition) is 4. The van der Waals surface area contributed by atoms with Crippen molar-refractivity contribution in [1.82, 2.24) is 0 Å². The van der Waals surface area contributed by atoms with Crippen LogP contribution in [0.4, 0.5) is 15.8 Å². The van der Waals surface area contributed by atoms with Crippen LogP contribution in [0, 0.1) is 12.7 Å². The van der Waals surface area contributed by atoms with E-state index in [0.717, 1.165) is 5.56 Å². The first-order valence-corrected chi connectivity index (χ1v) is 10.2. The van der Waals surface area contributed by atoms with Crippen molar-refractivity contribution in [3.05, 3.63) is 113 Å². The molecule has 0 fully saturated rings. The summed E-state index contributed by atoms with van der Waals surface area (Å²) in [6.45, 7) is 2.03. The van der Waals surface area contributed by atoms with Crippen molar-refractivity contribution in [3.8, 4) is 5.75 Å². The SMILES string of the molecule is Cc1ccc(C(=O)Nc2cccc(OCc3cccc(F)c3)c2)cc1NC(=O)c1ccco1. The predicted octanol–water partition coefficient (Wildman–Crippen LogP) is 5.81. The van der Waals surface area contributed by atoms with E-state index in [1.165, 1.54) is 18.4 Å². The number of halogens is 1. The van der Waals surface area contributed by atoms with Crippen LogP contribution in [-0.4, -0.2) is 11.8 Å². The first kappa shape index (κ1) is 21.8. The number of carbonyl (C=O) groups excluding carboxylic acids is 2. The molecule has 6 nitrogen and oxygen atoms in total. The minimum absolute atomic E-state index is 0.180. The van der Waals surface area contributed by atoms with Crippen LogP contribution in [0.15, 0.2) is 89.5 Å². The summed E-state index contributed by atoms with van der Waals surface area (Å²) in [6, 6.07) is 21.3. The van der Waals surface area contributed by atoms with Crippen LogP contribution < -0.4 is 15.4 Å². The molecule has 166 valence electrons. The Labute approximate surface area is 190 Å². The first-order chi connectivity index (χ1) is 16.0. The van der Waals surface area contributed by atoms with Crippen molar-refractivity contribution < 1.29 is 23.1 Å². The molecule has 33 heavy (non-hydrogen) atoms. The molecule has 2 N–H and O–H groups in total. The maximum Gasteiger partial charge on any atom is 0.291 e. The molecule has 0 spiro atoms. The number of ether oxygens (including phenoxy) is 1. The third-order valence-corrected chi connectivity index (χ3v) is 4.88. The molecule has 7 heteroatoms. The zero-order valence-corrected chi connectivity index (χ0v) is 17.8. The summed E-state index contributed by atoms with van der Waals surface area (Å²) in [6.07, 6.45) is 1.42. The van der Waals surface area contributed by atoms with Crippen LogP contribution in [0.3, 0.4) is 0 Å². The zero-order chi connectivity index (χ0) is 23.2. The Morgan fingerprint density at radius 1 is 0.909 bits per heavy atom. The summed E-state index contributed by atoms with van der Waals surface area (Å²) in [7, 11) is 0. The van der Waals surface area contributed by atoms with Crippen molar-refractivity contribution in [1.29, 1.82) is 0 Å². The van der Waals surface area contributed by atoms with Gasteiger partial charge in [-0.25, -0.2) is 4.39 Å². The molecule has 0 saturated heterocycles. The van der Waals surface area contributed by atoms with Crippen molar-refractivity contribution in [2.75, 3.05) is 10.6 Å². The van der Waals surface area contributed by atoms with E-state index in [0.29, 0.717) is 28.3 Å². The molecule has 0 radical (unpaired) electrons. The minimum atomic E-state index is -0.399. The fraction of sp³-hybridized carbons (Fsp3) is 0.0769. The van der Waals surface area contributed by atoms with Gasteiger partial charge in [-0.05, 0) is 66.6 Å². The molecule has 0 atom stereocenters. The van der Waals surface area contributed by atoms with E-state index in [-0.39, 0.29) is 24.1 Å². The van der Waals surface area contributed by atoms with E-state index in [1.54, 1.807) is 66.7 Å². The van der Waals surface area contributed by atoms with Gasteiger partial charge in [0.1, 0.15) is 18.2 Å². The van der Waals surface area contributed by atoms with Crippen LogP contribution >= 0.6 is 0 Å². The Hall–Kier alpha value is -4.39. The van der Waals surface area contributed by atoms with Crippen molar-refractivity contribution in [2.24, 2.45) is 0 Å². The van der Waals surface area contributed by atoms with Crippen LogP contribution in [0.1, 0.15) is 32.0 Å². The topological polar surface area (TPSA) is 80.6 Å². The van der Waals surface area contributed by atoms with Crippen LogP contribution in [0.5, 0.6) is 5.75 Å². The normalized spacial score (nSPS) is 10.5. The zero-order valence-electron chi connectivity index (χ0n) is 17.8. The van der Waals surface area contributed by atoms with Gasteiger partial charge in [0.2, 0.25) is 0 Å². The van der Waals surface area contributed by atoms with Gasteiger partial charge in [0.15, 0.2) is 5.76 Å². The summed E-state index contributed by atoms with van der Waals surface area (Å²) in [5, 5.41) is 5.58. The molecule has 4 aromatic rings. The van der Waals surface area contributed by atoms with Crippen molar-refractivity contribution in [3.63, 3.8) is 0 Å². The number of anilines is 2. The summed E-state index contributed by atoms with van der Waals surface area (Å²) in [5.74, 6) is -0.351. The number of rotatable bonds is 7. The average molecular weight is 444 g/mol. The van der Waals surface area contributed by atoms with Gasteiger partial charge in [0.05, 0.1) is 6.26 Å². The Kier molecular flexibility index (Phi) is 6.50. The van der Waals surface area contributed by atoms with Gasteiger partial charge >= 0.3 is 0 Å². The summed E-state index contributed by atoms with van der Waals surface area (Å²) < 4.78 is 24.1. The Morgan fingerprint density at radius 2 is 1.76 bits per heavy atom. The lowest BCUT2D eigenvalue weighted by Gasteiger charge is -2.12. The third-order valence-electron chi connectivity index (χ3n) is 4.88. The Morgan fingerprint density at radius 3 is 2.55 bits per heavy atom. The van der Waals surface area contributed by atoms with Gasteiger partial charge in [-0.15, -0.1) is 0 Å². The molecule has 0 aliphatic rings. The molecule has 0 aliphatic carbocycles. The fourth-order valence-electron chi connectivity index (χ4n) is 3.15. The standard InChI is InChI=1S/C26H21FN2O4/c1-17-10-11-19(14-23(17)29-26(31)24-9-4-12-32-24)25(30)28-21-7-3-8-22(15-21)33-16-18-5-2-6-20(27)13-18/h2-15H,16H2,1H3,(H,28,30)(H,29,31). The number of nitrogens with one attached hydrogen (secondary N) is 2. The van der Waals surface area contributed by atoms with Gasteiger partial charge in [-0.3, -0.25) is 9.59 Å². The maximum absolute atomic E-state index is 13.3. The molecule has 1 aromatic heterocycles. The second-order valence-corrected chi connectivity index (χ2v) is 7.36. The maximum atomic E-state index is 13.3. The second kappa shape index (κ2) is 9.82. The van der Waals surface area contributed by atoms with Gasteiger partial charge in [-0.2, -0.15) is 0 Å². The minimum Gasteiger partial charge on any atom is -0.489 e. The molecule has 3 aromatic carbocycles. The Balaban J connectivity index is 1.42. The fourth-order valence-corrected chi connectivity index (χ4v) is 3.15. The molecule has 0 unspecified atom stereocenters. The molecule has 4 rings (SSSR count). The van der Waals surface area contributed by atoms with E-state index in [1.807, 2.05) is 6.92 Å². The van der Waals surface area contributed by atoms with Gasteiger partial charge in [-0.1, -0.05) is 24.3 Å². The molecule has 2 amide bonds. The van der Waals surface area contributed by atoms with E-state index in [2.05, 4.69) is 10.6 Å². The molecule has 0 saturated carbocycles. The average Bonchev–Trinajstić information content (AvgIpc) is 3.35. The quantitative estimate of drug-likeness (QED) is 0.377. The summed E-state index contributed by atoms with van der Waals surface area (Å²) in [4.78, 5) is 25.1. The third kappa shape index (κ3) is 5.65. The molecular weight excluding hydrogens is 423 g/mol. The first-order valence-electron chi connectivity index (χ1n) is 10.2. The van der Waals surface area contributed by atoms with E-state index in [4.69, 9.17) is 9.15 Å². The highest BCUT2D eigenvalue weighted by Crippen LogP contribution is 2.22. The van der Waals surface area contributed by atoms with E-state index >= 15 is 0 Å². The molecular formula is C26H21FN2O4. The van der Waals surface area contributed by atoms with Gasteiger partial charge in [0.25, 0.3) is 11.8 Å². The molecule has 0 bridgehead atoms.